The maximum Gasteiger partial charge on any atom is 2.00 e. The number of carbonyl (C=O) groups excluding carboxylic acids is 3. The minimum atomic E-state index is -5.85. The van der Waals surface area contributed by atoms with Crippen molar-refractivity contribution in [2.45, 2.75) is 162 Å². The van der Waals surface area contributed by atoms with Gasteiger partial charge in [0.1, 0.15) is 11.2 Å². The number of urea groups is 1. The van der Waals surface area contributed by atoms with Crippen LogP contribution in [0.2, 0.25) is 5.02 Å². The third-order valence-corrected chi connectivity index (χ3v) is 19.2. The number of nitrogens with one attached hydrogen (secondary N) is 6. The molecule has 9 aromatic rings. The zero-order valence-corrected chi connectivity index (χ0v) is 62.3. The van der Waals surface area contributed by atoms with Crippen molar-refractivity contribution < 1.29 is 80.1 Å². The summed E-state index contributed by atoms with van der Waals surface area (Å²) in [7, 11) is -7.16. The van der Waals surface area contributed by atoms with E-state index in [4.69, 9.17) is 31.1 Å². The number of hydrogen-bond acceptors (Lipinski definition) is 19. The number of halogens is 4. The number of fused-ring (bicyclic) bond motifs is 4. The van der Waals surface area contributed by atoms with Crippen LogP contribution in [0.3, 0.4) is 0 Å². The fourth-order valence-corrected chi connectivity index (χ4v) is 13.7. The molecule has 0 radical (unpaired) electrons. The second-order valence-electron chi connectivity index (χ2n) is 25.0. The molecular weight excluding hydrogens is 1480 g/mol. The van der Waals surface area contributed by atoms with Crippen molar-refractivity contribution in [1.29, 1.82) is 0 Å². The van der Waals surface area contributed by atoms with Crippen LogP contribution in [0.4, 0.5) is 33.2 Å². The number of benzene rings is 1. The van der Waals surface area contributed by atoms with E-state index in [1.54, 1.807) is 95.6 Å². The Balaban J connectivity index is 0.000000199. The zero-order chi connectivity index (χ0) is 68.7. The average molecular weight is 1560 g/mol. The molecule has 98 heavy (non-hydrogen) atoms. The van der Waals surface area contributed by atoms with Gasteiger partial charge in [-0.2, -0.15) is 82.2 Å². The first kappa shape index (κ1) is 80.1. The van der Waals surface area contributed by atoms with Crippen LogP contribution in [0.15, 0.2) is 91.6 Å². The molecule has 12 heterocycles. The summed E-state index contributed by atoms with van der Waals surface area (Å²) >= 11 is 12.4. The number of thiophene rings is 4. The number of aromatic amines is 4. The monoisotopic (exact) mass is 1560 g/mol. The molecule has 0 bridgehead atoms. The predicted octanol–water partition coefficient (Wildman–Crippen LogP) is 13.4. The second kappa shape index (κ2) is 34.0. The SMILES string of the molecule is C[C@H]1Cc2[nH]nc(-c3ccsc3)c2CN1.C[C@H]1Cc2[nH]nc(-c3ccsc3)c2CN1C(=O)Nc1cccc(Cl)c1.C[C@H]1Cc2[nH]nc(-c3ccsc3)c2CN1C(=O)OC(C)(C)C.C[C@H]1Cc2[nH]nc(OS(=O)(=O)C(F)(F)F)c2CN1C(=O)OC(C)(C)C.OB(O)c1ccsc1.[CH3-].[CH3-].[Pd+2]. The fourth-order valence-electron chi connectivity index (χ4n) is 10.5. The van der Waals surface area contributed by atoms with Crippen molar-refractivity contribution in [3.8, 4) is 39.7 Å². The van der Waals surface area contributed by atoms with Gasteiger partial charge in [-0.1, -0.05) is 23.7 Å². The molecule has 4 amide bonds. The third kappa shape index (κ3) is 20.4. The number of anilines is 1. The molecule has 0 spiro atoms. The van der Waals surface area contributed by atoms with Crippen LogP contribution >= 0.6 is 56.9 Å². The summed E-state index contributed by atoms with van der Waals surface area (Å²) in [6, 6.07) is 15.4. The maximum atomic E-state index is 12.8. The summed E-state index contributed by atoms with van der Waals surface area (Å²) < 4.78 is 74.6. The Kier molecular flexibility index (Phi) is 27.8. The van der Waals surface area contributed by atoms with E-state index < -0.39 is 45.9 Å². The molecule has 8 aromatic heterocycles. The van der Waals surface area contributed by atoms with Gasteiger partial charge in [0.2, 0.25) is 0 Å². The first-order chi connectivity index (χ1) is 44.8. The largest absolute Gasteiger partial charge is 2.00 e. The Morgan fingerprint density at radius 1 is 0.612 bits per heavy atom. The topological polar surface area (TPSA) is 302 Å². The second-order valence-corrected chi connectivity index (χ2v) is 30.0. The van der Waals surface area contributed by atoms with Crippen LogP contribution < -0.4 is 20.3 Å². The van der Waals surface area contributed by atoms with Crippen LogP contribution in [0.1, 0.15) is 114 Å². The van der Waals surface area contributed by atoms with Gasteiger partial charge in [-0.25, -0.2) is 14.4 Å². The first-order valence-corrected chi connectivity index (χ1v) is 35.7. The van der Waals surface area contributed by atoms with E-state index in [0.29, 0.717) is 41.0 Å². The van der Waals surface area contributed by atoms with Gasteiger partial charge in [-0.3, -0.25) is 20.4 Å². The molecule has 4 aliphatic heterocycles. The Morgan fingerprint density at radius 3 is 1.45 bits per heavy atom. The van der Waals surface area contributed by atoms with E-state index in [1.807, 2.05) is 62.4 Å². The molecule has 1 aromatic carbocycles. The smallest absolute Gasteiger partial charge is 0.444 e. The Hall–Kier alpha value is -6.89. The van der Waals surface area contributed by atoms with Crippen LogP contribution in [0.25, 0.3) is 33.8 Å². The third-order valence-electron chi connectivity index (χ3n) is 15.3. The van der Waals surface area contributed by atoms with E-state index >= 15 is 0 Å². The van der Waals surface area contributed by atoms with Crippen molar-refractivity contribution in [3.63, 3.8) is 0 Å². The van der Waals surface area contributed by atoms with Gasteiger partial charge >= 0.3 is 61.4 Å². The van der Waals surface area contributed by atoms with E-state index in [9.17, 15) is 36.0 Å². The van der Waals surface area contributed by atoms with Crippen LogP contribution in [-0.4, -0.2) is 140 Å². The molecule has 23 nitrogen and oxygen atoms in total. The van der Waals surface area contributed by atoms with Crippen LogP contribution in [0, 0.1) is 14.9 Å². The number of aromatic nitrogens is 8. The predicted molar refractivity (Wildman–Crippen MR) is 376 cm³/mol. The van der Waals surface area contributed by atoms with E-state index in [2.05, 4.69) is 102 Å². The minimum Gasteiger partial charge on any atom is -0.444 e. The number of carbonyl (C=O) groups is 3. The number of hydrogen-bond donors (Lipinski definition) is 8. The summed E-state index contributed by atoms with van der Waals surface area (Å²) in [6.07, 6.45) is 1.88. The summed E-state index contributed by atoms with van der Waals surface area (Å²) in [5.74, 6) is -0.729. The molecule has 13 rings (SSSR count). The van der Waals surface area contributed by atoms with E-state index in [0.717, 1.165) is 76.5 Å². The van der Waals surface area contributed by atoms with Crippen LogP contribution in [0.5, 0.6) is 5.88 Å². The van der Waals surface area contributed by atoms with Gasteiger partial charge in [0, 0.05) is 139 Å². The van der Waals surface area contributed by atoms with Gasteiger partial charge in [-0.15, -0.1) is 5.10 Å². The summed E-state index contributed by atoms with van der Waals surface area (Å²) in [4.78, 5) is 42.3. The quantitative estimate of drug-likeness (QED) is 0.0318. The van der Waals surface area contributed by atoms with Crippen molar-refractivity contribution >= 4 is 104 Å². The summed E-state index contributed by atoms with van der Waals surface area (Å²) in [5.41, 5.74) is 8.38. The number of nitrogens with zero attached hydrogens (tertiary/aromatic N) is 7. The summed E-state index contributed by atoms with van der Waals surface area (Å²) in [6.45, 7) is 20.5. The fraction of sp³-hybridized carbons (Fsp3) is 0.391. The number of ether oxygens (including phenoxy) is 2. The maximum absolute atomic E-state index is 12.8. The van der Waals surface area contributed by atoms with Gasteiger partial charge in [0.25, 0.3) is 5.88 Å². The number of H-pyrrole nitrogens is 4. The van der Waals surface area contributed by atoms with E-state index in [-0.39, 0.29) is 84.1 Å². The van der Waals surface area contributed by atoms with Crippen molar-refractivity contribution in [3.05, 3.63) is 156 Å². The van der Waals surface area contributed by atoms with Crippen molar-refractivity contribution in [2.24, 2.45) is 0 Å². The first-order valence-electron chi connectivity index (χ1n) is 30.1. The minimum absolute atomic E-state index is 0. The van der Waals surface area contributed by atoms with Crippen molar-refractivity contribution in [1.82, 2.24) is 60.8 Å². The number of amides is 4. The molecule has 0 saturated heterocycles. The normalized spacial score (nSPS) is 16.9. The Bertz CT molecular complexity index is 4140. The standard InChI is InChI=1S/C18H17ClN4OS.C16H21N3O2S.C13H18F3N3O5S.C11H13N3S.C4H5BO2S.2CH3.Pd/c1-11-7-16-15(17(22-21-16)12-5-6-25-10-12)9-23(11)18(24)20-14-4-2-3-13(19)8-14;1-10-7-13-12(8-19(10)15(20)21-16(2,3)4)14(18-17-13)11-5-6-22-9-11;1-7-5-9-8(6-19(7)11(20)23-12(2,3)4)10(18-17-9)24-25(21,22)13(14,15)16;1-7-4-10-9(5-12-7)11(14-13-10)8-2-3-15-6-8;6-5(7)4-1-2-8-3-4;;;/h2-6,8,10-11H,7,9H2,1H3,(H,20,24)(H,21,22);5-6,9-10H,7-8H2,1-4H3,(H,17,18);7H,5-6H2,1-4H3,(H,17,18);2-3,6-7,12H,4-5H2,1H3,(H,13,14);1-3,6-7H;2*1H3;/q;;;;;2*-1;+2/t11-;10-;2*7-;;;;/m0000..../s1. The van der Waals surface area contributed by atoms with Gasteiger partial charge < -0.3 is 63.9 Å². The van der Waals surface area contributed by atoms with E-state index in [1.165, 1.54) is 33.1 Å². The molecule has 0 saturated carbocycles. The Morgan fingerprint density at radius 2 is 1.03 bits per heavy atom. The number of alkyl halides is 3. The van der Waals surface area contributed by atoms with Crippen LogP contribution in [-0.2, 0) is 91.9 Å². The molecule has 8 N–H and O–H groups in total. The van der Waals surface area contributed by atoms with Crippen molar-refractivity contribution in [2.75, 3.05) is 5.32 Å². The van der Waals surface area contributed by atoms with Gasteiger partial charge in [0.05, 0.1) is 42.3 Å². The average Bonchev–Trinajstić information content (AvgIpc) is 1.61. The molecule has 0 aliphatic carbocycles. The zero-order valence-electron chi connectivity index (χ0n) is 55.9. The van der Waals surface area contributed by atoms with Gasteiger partial charge in [0.15, 0.2) is 0 Å². The van der Waals surface area contributed by atoms with Gasteiger partial charge in [-0.05, 0) is 138 Å². The molecular formula is C64H80BClF3N13O10PdS5. The number of rotatable bonds is 7. The molecule has 532 valence electrons. The molecule has 0 fully saturated rings. The molecule has 4 aliphatic rings. The molecule has 4 atom stereocenters. The molecule has 0 unspecified atom stereocenters. The Labute approximate surface area is 603 Å². The molecule has 34 heteroatoms. The summed E-state index contributed by atoms with van der Waals surface area (Å²) in [5, 5.41) is 68.6.